The quantitative estimate of drug-likeness (QED) is 0.872. The fourth-order valence-electron chi connectivity index (χ4n) is 2.99. The maximum Gasteiger partial charge on any atom is 0.261 e. The second kappa shape index (κ2) is 6.51. The lowest BCUT2D eigenvalue weighted by Gasteiger charge is -2.14. The molecule has 1 heterocycles. The van der Waals surface area contributed by atoms with Crippen molar-refractivity contribution in [3.63, 3.8) is 0 Å². The van der Waals surface area contributed by atoms with Gasteiger partial charge in [0.1, 0.15) is 0 Å². The van der Waals surface area contributed by atoms with E-state index in [0.29, 0.717) is 11.1 Å². The molecule has 0 atom stereocenters. The summed E-state index contributed by atoms with van der Waals surface area (Å²) in [5.41, 5.74) is 4.59. The Morgan fingerprint density at radius 2 is 1.56 bits per heavy atom. The molecule has 0 aliphatic carbocycles. The summed E-state index contributed by atoms with van der Waals surface area (Å²) in [5.74, 6) is -0.887. The van der Waals surface area contributed by atoms with E-state index in [1.165, 1.54) is 0 Å². The predicted molar refractivity (Wildman–Crippen MR) is 95.7 cm³/mol. The first kappa shape index (κ1) is 16.9. The molecule has 0 fully saturated rings. The van der Waals surface area contributed by atoms with Crippen LogP contribution in [0.25, 0.3) is 0 Å². The monoisotopic (exact) mass is 336 g/mol. The average Bonchev–Trinajstić information content (AvgIpc) is 2.79. The zero-order chi connectivity index (χ0) is 18.1. The summed E-state index contributed by atoms with van der Waals surface area (Å²) in [5, 5.41) is 2.83. The van der Waals surface area contributed by atoms with Crippen molar-refractivity contribution in [2.75, 3.05) is 11.9 Å². The molecule has 0 spiro atoms. The van der Waals surface area contributed by atoms with Crippen LogP contribution in [-0.2, 0) is 4.79 Å². The summed E-state index contributed by atoms with van der Waals surface area (Å²) in [6, 6.07) is 11.0. The number of benzene rings is 2. The molecule has 0 aromatic heterocycles. The van der Waals surface area contributed by atoms with Crippen LogP contribution < -0.4 is 5.32 Å². The van der Waals surface area contributed by atoms with Gasteiger partial charge in [0.25, 0.3) is 11.8 Å². The van der Waals surface area contributed by atoms with Crippen molar-refractivity contribution in [3.05, 3.63) is 64.2 Å². The van der Waals surface area contributed by atoms with Crippen molar-refractivity contribution in [2.24, 2.45) is 0 Å². The summed E-state index contributed by atoms with van der Waals surface area (Å²) in [7, 11) is 0. The van der Waals surface area contributed by atoms with Crippen molar-refractivity contribution in [3.8, 4) is 0 Å². The number of nitrogens with one attached hydrogen (secondary N) is 1. The highest BCUT2D eigenvalue weighted by atomic mass is 16.2. The Bertz CT molecular complexity index is 887. The minimum absolute atomic E-state index is 0.0672. The Morgan fingerprint density at radius 1 is 0.920 bits per heavy atom. The smallest absolute Gasteiger partial charge is 0.261 e. The molecule has 0 saturated carbocycles. The van der Waals surface area contributed by atoms with Crippen molar-refractivity contribution >= 4 is 23.4 Å². The first-order chi connectivity index (χ1) is 11.9. The molecule has 5 heteroatoms. The summed E-state index contributed by atoms with van der Waals surface area (Å²) >= 11 is 0. The van der Waals surface area contributed by atoms with E-state index in [1.807, 2.05) is 39.0 Å². The molecular formula is C20H20N2O3. The highest BCUT2D eigenvalue weighted by Gasteiger charge is 2.35. The van der Waals surface area contributed by atoms with Crippen LogP contribution in [0.5, 0.6) is 0 Å². The second-order valence-corrected chi connectivity index (χ2v) is 6.43. The van der Waals surface area contributed by atoms with E-state index in [9.17, 15) is 14.4 Å². The third-order valence-electron chi connectivity index (χ3n) is 4.34. The van der Waals surface area contributed by atoms with Gasteiger partial charge >= 0.3 is 0 Å². The molecule has 128 valence electrons. The standard InChI is InChI=1S/C20H20N2O3/c1-12-5-7-17(14(3)10-12)21-18(23)8-9-22-19(24)15-6-4-13(2)11-16(15)20(22)25/h4-7,10-11H,8-9H2,1-3H3,(H,21,23). The van der Waals surface area contributed by atoms with E-state index < -0.39 is 0 Å². The molecule has 0 radical (unpaired) electrons. The molecule has 25 heavy (non-hydrogen) atoms. The highest BCUT2D eigenvalue weighted by molar-refractivity contribution is 6.21. The molecule has 0 unspecified atom stereocenters. The van der Waals surface area contributed by atoms with Crippen LogP contribution in [-0.4, -0.2) is 29.2 Å². The number of anilines is 1. The topological polar surface area (TPSA) is 66.5 Å². The number of hydrogen-bond acceptors (Lipinski definition) is 3. The minimum Gasteiger partial charge on any atom is -0.326 e. The van der Waals surface area contributed by atoms with Gasteiger partial charge in [-0.3, -0.25) is 19.3 Å². The van der Waals surface area contributed by atoms with Gasteiger partial charge in [0.2, 0.25) is 5.91 Å². The number of rotatable bonds is 4. The second-order valence-electron chi connectivity index (χ2n) is 6.43. The zero-order valence-electron chi connectivity index (χ0n) is 14.6. The van der Waals surface area contributed by atoms with Gasteiger partial charge in [0.05, 0.1) is 11.1 Å². The first-order valence-electron chi connectivity index (χ1n) is 8.21. The van der Waals surface area contributed by atoms with Gasteiger partial charge in [-0.15, -0.1) is 0 Å². The summed E-state index contributed by atoms with van der Waals surface area (Å²) in [6.07, 6.45) is 0.0672. The number of hydrogen-bond donors (Lipinski definition) is 1. The number of fused-ring (bicyclic) bond motifs is 1. The van der Waals surface area contributed by atoms with Gasteiger partial charge in [-0.1, -0.05) is 29.3 Å². The van der Waals surface area contributed by atoms with E-state index >= 15 is 0 Å². The van der Waals surface area contributed by atoms with Crippen LogP contribution in [0, 0.1) is 20.8 Å². The van der Waals surface area contributed by atoms with Gasteiger partial charge in [-0.05, 0) is 44.5 Å². The molecule has 1 N–H and O–H groups in total. The number of carbonyl (C=O) groups excluding carboxylic acids is 3. The number of aryl methyl sites for hydroxylation is 3. The van der Waals surface area contributed by atoms with Crippen LogP contribution in [0.1, 0.15) is 43.8 Å². The van der Waals surface area contributed by atoms with E-state index in [0.717, 1.165) is 27.3 Å². The van der Waals surface area contributed by atoms with Gasteiger partial charge < -0.3 is 5.32 Å². The summed E-state index contributed by atoms with van der Waals surface area (Å²) in [4.78, 5) is 38.1. The molecule has 0 saturated heterocycles. The first-order valence-corrected chi connectivity index (χ1v) is 8.21. The molecule has 3 rings (SSSR count). The molecule has 1 aliphatic heterocycles. The molecule has 2 aromatic rings. The van der Waals surface area contributed by atoms with Crippen LogP contribution in [0.15, 0.2) is 36.4 Å². The zero-order valence-corrected chi connectivity index (χ0v) is 14.6. The SMILES string of the molecule is Cc1ccc(NC(=O)CCN2C(=O)c3ccc(C)cc3C2=O)c(C)c1. The summed E-state index contributed by atoms with van der Waals surface area (Å²) in [6.45, 7) is 5.86. The average molecular weight is 336 g/mol. The lowest BCUT2D eigenvalue weighted by Crippen LogP contribution is -2.32. The maximum atomic E-state index is 12.4. The molecule has 3 amide bonds. The van der Waals surface area contributed by atoms with Crippen LogP contribution >= 0.6 is 0 Å². The van der Waals surface area contributed by atoms with Crippen molar-refractivity contribution < 1.29 is 14.4 Å². The van der Waals surface area contributed by atoms with Crippen molar-refractivity contribution in [1.82, 2.24) is 4.90 Å². The molecule has 2 aromatic carbocycles. The molecule has 1 aliphatic rings. The van der Waals surface area contributed by atoms with Gasteiger partial charge in [-0.2, -0.15) is 0 Å². The van der Waals surface area contributed by atoms with E-state index in [1.54, 1.807) is 18.2 Å². The Kier molecular flexibility index (Phi) is 4.40. The molecule has 5 nitrogen and oxygen atoms in total. The highest BCUT2D eigenvalue weighted by Crippen LogP contribution is 2.24. The number of amides is 3. The van der Waals surface area contributed by atoms with E-state index in [4.69, 9.17) is 0 Å². The van der Waals surface area contributed by atoms with Gasteiger partial charge in [-0.25, -0.2) is 0 Å². The van der Waals surface area contributed by atoms with Crippen LogP contribution in [0.3, 0.4) is 0 Å². The number of imide groups is 1. The van der Waals surface area contributed by atoms with E-state index in [2.05, 4.69) is 5.32 Å². The Morgan fingerprint density at radius 3 is 2.28 bits per heavy atom. The Balaban J connectivity index is 1.65. The van der Waals surface area contributed by atoms with Crippen molar-refractivity contribution in [2.45, 2.75) is 27.2 Å². The molecular weight excluding hydrogens is 316 g/mol. The fraction of sp³-hybridized carbons (Fsp3) is 0.250. The lowest BCUT2D eigenvalue weighted by molar-refractivity contribution is -0.116. The largest absolute Gasteiger partial charge is 0.326 e. The van der Waals surface area contributed by atoms with Crippen LogP contribution in [0.2, 0.25) is 0 Å². The van der Waals surface area contributed by atoms with Gasteiger partial charge in [0.15, 0.2) is 0 Å². The minimum atomic E-state index is -0.334. The van der Waals surface area contributed by atoms with Crippen LogP contribution in [0.4, 0.5) is 5.69 Å². The Labute approximate surface area is 146 Å². The van der Waals surface area contributed by atoms with Crippen molar-refractivity contribution in [1.29, 1.82) is 0 Å². The van der Waals surface area contributed by atoms with E-state index in [-0.39, 0.29) is 30.7 Å². The summed E-state index contributed by atoms with van der Waals surface area (Å²) < 4.78 is 0. The van der Waals surface area contributed by atoms with Gasteiger partial charge in [0, 0.05) is 18.7 Å². The predicted octanol–water partition coefficient (Wildman–Crippen LogP) is 3.24. The number of nitrogens with zero attached hydrogens (tertiary/aromatic N) is 1. The fourth-order valence-corrected chi connectivity index (χ4v) is 2.99. The Hall–Kier alpha value is -2.95. The third-order valence-corrected chi connectivity index (χ3v) is 4.34. The maximum absolute atomic E-state index is 12.4. The number of carbonyl (C=O) groups is 3. The normalized spacial score (nSPS) is 13.2. The lowest BCUT2D eigenvalue weighted by atomic mass is 10.1. The molecule has 0 bridgehead atoms. The third kappa shape index (κ3) is 3.31.